The summed E-state index contributed by atoms with van der Waals surface area (Å²) in [5, 5.41) is 0.347. The third-order valence-corrected chi connectivity index (χ3v) is 5.23. The zero-order valence-corrected chi connectivity index (χ0v) is 16.0. The Labute approximate surface area is 159 Å². The summed E-state index contributed by atoms with van der Waals surface area (Å²) < 4.78 is 5.18. The summed E-state index contributed by atoms with van der Waals surface area (Å²) in [7, 11) is 0. The van der Waals surface area contributed by atoms with E-state index in [-0.39, 0.29) is 11.7 Å². The lowest BCUT2D eigenvalue weighted by Gasteiger charge is -2.15. The fourth-order valence-corrected chi connectivity index (χ4v) is 3.65. The molecule has 0 unspecified atom stereocenters. The summed E-state index contributed by atoms with van der Waals surface area (Å²) in [4.78, 5) is 30.1. The normalized spacial score (nSPS) is 18.4. The first kappa shape index (κ1) is 18.9. The van der Waals surface area contributed by atoms with Crippen molar-refractivity contribution in [2.75, 3.05) is 6.54 Å². The molecule has 1 aliphatic heterocycles. The molecule has 1 aliphatic carbocycles. The van der Waals surface area contributed by atoms with Crippen LogP contribution in [0.1, 0.15) is 68.7 Å². The zero-order valence-electron chi connectivity index (χ0n) is 15.2. The quantitative estimate of drug-likeness (QED) is 0.385. The Morgan fingerprint density at radius 3 is 2.77 bits per heavy atom. The second kappa shape index (κ2) is 8.67. The molecular formula is C20H25ClN2O3. The van der Waals surface area contributed by atoms with E-state index < -0.39 is 6.09 Å². The first-order valence-corrected chi connectivity index (χ1v) is 9.91. The largest absolute Gasteiger partial charge is 0.422 e. The van der Waals surface area contributed by atoms with Crippen molar-refractivity contribution >= 4 is 29.7 Å². The van der Waals surface area contributed by atoms with Gasteiger partial charge in [-0.3, -0.25) is 4.79 Å². The number of carbonyl (C=O) groups is 2. The molecule has 1 aromatic rings. The number of aryl methyl sites for hydroxylation is 2. The average Bonchev–Trinajstić information content (AvgIpc) is 2.89. The third-order valence-electron chi connectivity index (χ3n) is 4.93. The van der Waals surface area contributed by atoms with Gasteiger partial charge < -0.3 is 4.74 Å². The number of halogens is 1. The molecule has 0 aromatic carbocycles. The Morgan fingerprint density at radius 1 is 1.19 bits per heavy atom. The third kappa shape index (κ3) is 4.26. The summed E-state index contributed by atoms with van der Waals surface area (Å²) in [5.41, 5.74) is 2.83. The molecule has 140 valence electrons. The molecule has 6 heteroatoms. The number of ether oxygens (including phenoxy) is 1. The number of pyridine rings is 1. The maximum atomic E-state index is 12.5. The van der Waals surface area contributed by atoms with E-state index in [1.807, 2.05) is 6.07 Å². The van der Waals surface area contributed by atoms with Crippen LogP contribution in [0.3, 0.4) is 0 Å². The number of carbonyl (C=O) groups excluding carboxylic acids is 2. The molecule has 0 atom stereocenters. The Bertz CT molecular complexity index is 730. The van der Waals surface area contributed by atoms with Gasteiger partial charge in [0.25, 0.3) is 5.91 Å². The zero-order chi connectivity index (χ0) is 18.5. The van der Waals surface area contributed by atoms with Gasteiger partial charge in [-0.2, -0.15) is 0 Å². The Kier molecular flexibility index (Phi) is 6.30. The maximum absolute atomic E-state index is 12.5. The van der Waals surface area contributed by atoms with Crippen LogP contribution in [0, 0.1) is 0 Å². The molecule has 0 bridgehead atoms. The summed E-state index contributed by atoms with van der Waals surface area (Å²) in [6, 6.07) is 1.96. The molecule has 2 amide bonds. The highest BCUT2D eigenvalue weighted by Gasteiger charge is 2.36. The fraction of sp³-hybridized carbons (Fsp3) is 0.550. The lowest BCUT2D eigenvalue weighted by Crippen LogP contribution is -2.29. The molecule has 2 heterocycles. The van der Waals surface area contributed by atoms with E-state index in [1.165, 1.54) is 11.3 Å². The highest BCUT2D eigenvalue weighted by atomic mass is 35.5. The molecular weight excluding hydrogens is 352 g/mol. The van der Waals surface area contributed by atoms with Crippen molar-refractivity contribution in [1.29, 1.82) is 0 Å². The Balaban J connectivity index is 1.70. The van der Waals surface area contributed by atoms with Gasteiger partial charge in [0.1, 0.15) is 5.15 Å². The fourth-order valence-electron chi connectivity index (χ4n) is 3.43. The maximum Gasteiger partial charge on any atom is 0.422 e. The molecule has 1 saturated heterocycles. The van der Waals surface area contributed by atoms with Crippen molar-refractivity contribution in [3.8, 4) is 0 Å². The van der Waals surface area contributed by atoms with Gasteiger partial charge in [-0.1, -0.05) is 44.2 Å². The van der Waals surface area contributed by atoms with Crippen LogP contribution in [0.5, 0.6) is 0 Å². The van der Waals surface area contributed by atoms with Gasteiger partial charge in [-0.25, -0.2) is 14.7 Å². The standard InChI is InChI=1S/C20H25ClN2O3/c1-2-3-4-5-8-11-23-19(24)17(26-20(23)25)13-15-12-14-9-6-7-10-16(14)22-18(15)21/h12-13H,2-11H2,1H3. The predicted molar refractivity (Wildman–Crippen MR) is 101 cm³/mol. The Hall–Kier alpha value is -1.88. The second-order valence-electron chi connectivity index (χ2n) is 6.93. The van der Waals surface area contributed by atoms with Crippen molar-refractivity contribution in [1.82, 2.24) is 9.88 Å². The van der Waals surface area contributed by atoms with Crippen LogP contribution in [0.4, 0.5) is 4.79 Å². The number of aromatic nitrogens is 1. The predicted octanol–water partition coefficient (Wildman–Crippen LogP) is 4.90. The van der Waals surface area contributed by atoms with E-state index >= 15 is 0 Å². The number of cyclic esters (lactones) is 1. The van der Waals surface area contributed by atoms with Gasteiger partial charge in [-0.15, -0.1) is 0 Å². The molecule has 5 nitrogen and oxygen atoms in total. The van der Waals surface area contributed by atoms with Gasteiger partial charge in [0, 0.05) is 17.8 Å². The minimum absolute atomic E-state index is 0.0306. The lowest BCUT2D eigenvalue weighted by atomic mass is 9.95. The van der Waals surface area contributed by atoms with Gasteiger partial charge in [0.2, 0.25) is 0 Å². The molecule has 0 saturated carbocycles. The van der Waals surface area contributed by atoms with Crippen molar-refractivity contribution in [2.24, 2.45) is 0 Å². The van der Waals surface area contributed by atoms with Crippen molar-refractivity contribution < 1.29 is 14.3 Å². The number of hydrogen-bond donors (Lipinski definition) is 0. The Morgan fingerprint density at radius 2 is 1.96 bits per heavy atom. The number of rotatable bonds is 7. The molecule has 0 N–H and O–H groups in total. The average molecular weight is 377 g/mol. The van der Waals surface area contributed by atoms with Crippen LogP contribution in [-0.2, 0) is 22.4 Å². The highest BCUT2D eigenvalue weighted by molar-refractivity contribution is 6.31. The summed E-state index contributed by atoms with van der Waals surface area (Å²) in [6.45, 7) is 2.55. The molecule has 2 aliphatic rings. The van der Waals surface area contributed by atoms with E-state index in [1.54, 1.807) is 6.08 Å². The summed E-state index contributed by atoms with van der Waals surface area (Å²) in [6.07, 6.45) is 10.4. The number of nitrogens with zero attached hydrogens (tertiary/aromatic N) is 2. The number of unbranched alkanes of at least 4 members (excludes halogenated alkanes) is 4. The van der Waals surface area contributed by atoms with E-state index in [0.717, 1.165) is 62.6 Å². The molecule has 26 heavy (non-hydrogen) atoms. The summed E-state index contributed by atoms with van der Waals surface area (Å²) >= 11 is 6.27. The van der Waals surface area contributed by atoms with Crippen LogP contribution < -0.4 is 0 Å². The number of fused-ring (bicyclic) bond motifs is 1. The molecule has 3 rings (SSSR count). The monoisotopic (exact) mass is 376 g/mol. The highest BCUT2D eigenvalue weighted by Crippen LogP contribution is 2.28. The van der Waals surface area contributed by atoms with Gasteiger partial charge in [0.05, 0.1) is 0 Å². The van der Waals surface area contributed by atoms with Gasteiger partial charge >= 0.3 is 6.09 Å². The molecule has 0 radical (unpaired) electrons. The smallest absolute Gasteiger partial charge is 0.404 e. The van der Waals surface area contributed by atoms with Gasteiger partial charge in [-0.05, 0) is 49.8 Å². The van der Waals surface area contributed by atoms with E-state index in [9.17, 15) is 9.59 Å². The van der Waals surface area contributed by atoms with E-state index in [0.29, 0.717) is 17.3 Å². The SMILES string of the molecule is CCCCCCCN1C(=O)OC(=Cc2cc3c(nc2Cl)CCCC3)C1=O. The number of amides is 2. The summed E-state index contributed by atoms with van der Waals surface area (Å²) in [5.74, 6) is -0.359. The minimum atomic E-state index is -0.598. The van der Waals surface area contributed by atoms with Crippen LogP contribution in [0.25, 0.3) is 6.08 Å². The van der Waals surface area contributed by atoms with Crippen LogP contribution in [0.15, 0.2) is 11.8 Å². The molecule has 1 aromatic heterocycles. The van der Waals surface area contributed by atoms with Crippen molar-refractivity contribution in [2.45, 2.75) is 64.7 Å². The minimum Gasteiger partial charge on any atom is -0.404 e. The number of hydrogen-bond acceptors (Lipinski definition) is 4. The van der Waals surface area contributed by atoms with Crippen LogP contribution in [0.2, 0.25) is 5.15 Å². The van der Waals surface area contributed by atoms with Gasteiger partial charge in [0.15, 0.2) is 5.76 Å². The topological polar surface area (TPSA) is 59.5 Å². The molecule has 1 fully saturated rings. The van der Waals surface area contributed by atoms with Crippen LogP contribution >= 0.6 is 11.6 Å². The van der Waals surface area contributed by atoms with E-state index in [2.05, 4.69) is 11.9 Å². The molecule has 0 spiro atoms. The second-order valence-corrected chi connectivity index (χ2v) is 7.29. The van der Waals surface area contributed by atoms with E-state index in [4.69, 9.17) is 16.3 Å². The number of imide groups is 1. The van der Waals surface area contributed by atoms with Crippen molar-refractivity contribution in [3.05, 3.63) is 33.8 Å². The first-order valence-electron chi connectivity index (χ1n) is 9.54. The first-order chi connectivity index (χ1) is 12.6. The van der Waals surface area contributed by atoms with Crippen molar-refractivity contribution in [3.63, 3.8) is 0 Å². The lowest BCUT2D eigenvalue weighted by molar-refractivity contribution is -0.123. The van der Waals surface area contributed by atoms with Crippen LogP contribution in [-0.4, -0.2) is 28.4 Å².